The highest BCUT2D eigenvalue weighted by Gasteiger charge is 2.47. The van der Waals surface area contributed by atoms with Crippen LogP contribution in [0.2, 0.25) is 0 Å². The van der Waals surface area contributed by atoms with E-state index >= 15 is 0 Å². The monoisotopic (exact) mass is 697 g/mol. The molecular formula is C49H39N5. The van der Waals surface area contributed by atoms with Gasteiger partial charge in [-0.05, 0) is 97.5 Å². The van der Waals surface area contributed by atoms with Crippen LogP contribution in [0.25, 0.3) is 77.8 Å². The molecule has 9 aromatic rings. The fraction of sp³-hybridized carbons (Fsp3) is 0.184. The molecule has 260 valence electrons. The SMILES string of the molecule is c1ccc(-c2ccc3c(c2)c2ccccc2n3-c2cc(-n3c4ccccc4c4cc(N5C6CC7CC(C6)CC5C7)ccc43)nc(-c3ccccc3)n2)cc1. The van der Waals surface area contributed by atoms with Gasteiger partial charge in [0, 0.05) is 50.9 Å². The van der Waals surface area contributed by atoms with Gasteiger partial charge in [0.25, 0.3) is 0 Å². The maximum atomic E-state index is 5.37. The van der Waals surface area contributed by atoms with Crippen molar-refractivity contribution < 1.29 is 0 Å². The maximum Gasteiger partial charge on any atom is 0.163 e. The summed E-state index contributed by atoms with van der Waals surface area (Å²) in [7, 11) is 0. The van der Waals surface area contributed by atoms with Gasteiger partial charge < -0.3 is 4.90 Å². The third-order valence-corrected chi connectivity index (χ3v) is 12.8. The number of benzene rings is 6. The van der Waals surface area contributed by atoms with Crippen LogP contribution in [0.15, 0.2) is 152 Å². The summed E-state index contributed by atoms with van der Waals surface area (Å²) in [6, 6.07) is 56.2. The van der Waals surface area contributed by atoms with Crippen LogP contribution in [-0.2, 0) is 0 Å². The Labute approximate surface area is 314 Å². The average Bonchev–Trinajstić information content (AvgIpc) is 3.73. The first-order valence-electron chi connectivity index (χ1n) is 19.6. The highest BCUT2D eigenvalue weighted by atomic mass is 15.2. The van der Waals surface area contributed by atoms with Crippen molar-refractivity contribution >= 4 is 49.3 Å². The Kier molecular flexibility index (Phi) is 6.53. The van der Waals surface area contributed by atoms with Gasteiger partial charge in [-0.1, -0.05) is 103 Å². The highest BCUT2D eigenvalue weighted by Crippen LogP contribution is 2.51. The number of anilines is 1. The lowest BCUT2D eigenvalue weighted by Crippen LogP contribution is -2.58. The largest absolute Gasteiger partial charge is 0.366 e. The molecule has 2 saturated heterocycles. The minimum absolute atomic E-state index is 0.680. The van der Waals surface area contributed by atoms with Crippen LogP contribution in [0.5, 0.6) is 0 Å². The van der Waals surface area contributed by atoms with E-state index in [1.165, 1.54) is 76.0 Å². The van der Waals surface area contributed by atoms with E-state index < -0.39 is 0 Å². The third kappa shape index (κ3) is 4.57. The van der Waals surface area contributed by atoms with Gasteiger partial charge in [0.1, 0.15) is 11.6 Å². The van der Waals surface area contributed by atoms with Crippen molar-refractivity contribution in [2.75, 3.05) is 4.90 Å². The van der Waals surface area contributed by atoms with Gasteiger partial charge in [-0.3, -0.25) is 9.13 Å². The Bertz CT molecular complexity index is 2870. The Balaban J connectivity index is 1.08. The number of rotatable bonds is 5. The van der Waals surface area contributed by atoms with E-state index in [1.54, 1.807) is 0 Å². The highest BCUT2D eigenvalue weighted by molar-refractivity contribution is 6.11. The van der Waals surface area contributed by atoms with Crippen LogP contribution in [-0.4, -0.2) is 31.2 Å². The molecule has 5 heterocycles. The Morgan fingerprint density at radius 1 is 0.389 bits per heavy atom. The van der Waals surface area contributed by atoms with Crippen molar-refractivity contribution in [2.45, 2.75) is 44.2 Å². The van der Waals surface area contributed by atoms with Gasteiger partial charge in [0.2, 0.25) is 0 Å². The predicted molar refractivity (Wildman–Crippen MR) is 222 cm³/mol. The zero-order chi connectivity index (χ0) is 35.3. The van der Waals surface area contributed by atoms with Gasteiger partial charge in [-0.15, -0.1) is 0 Å². The molecule has 3 aromatic heterocycles. The van der Waals surface area contributed by atoms with Gasteiger partial charge in [0.15, 0.2) is 5.82 Å². The van der Waals surface area contributed by atoms with Crippen molar-refractivity contribution in [1.29, 1.82) is 0 Å². The Morgan fingerprint density at radius 3 is 1.50 bits per heavy atom. The fourth-order valence-corrected chi connectivity index (χ4v) is 10.7. The molecule has 0 spiro atoms. The second-order valence-corrected chi connectivity index (χ2v) is 15.9. The zero-order valence-electron chi connectivity index (χ0n) is 30.0. The summed E-state index contributed by atoms with van der Waals surface area (Å²) in [6.45, 7) is 0. The summed E-state index contributed by atoms with van der Waals surface area (Å²) < 4.78 is 4.68. The van der Waals surface area contributed by atoms with Crippen LogP contribution < -0.4 is 4.90 Å². The summed E-state index contributed by atoms with van der Waals surface area (Å²) >= 11 is 0. The van der Waals surface area contributed by atoms with E-state index in [2.05, 4.69) is 166 Å². The van der Waals surface area contributed by atoms with E-state index in [9.17, 15) is 0 Å². The third-order valence-electron chi connectivity index (χ3n) is 12.8. The lowest BCUT2D eigenvalue weighted by Gasteiger charge is -2.57. The zero-order valence-corrected chi connectivity index (χ0v) is 30.0. The summed E-state index contributed by atoms with van der Waals surface area (Å²) in [5.41, 5.74) is 9.36. The molecule has 0 unspecified atom stereocenters. The summed E-state index contributed by atoms with van der Waals surface area (Å²) in [6.07, 6.45) is 6.89. The lowest BCUT2D eigenvalue weighted by atomic mass is 9.63. The molecule has 0 N–H and O–H groups in total. The van der Waals surface area contributed by atoms with Gasteiger partial charge in [-0.25, -0.2) is 9.97 Å². The lowest BCUT2D eigenvalue weighted by molar-refractivity contribution is 0.0900. The Hall–Kier alpha value is -6.20. The van der Waals surface area contributed by atoms with E-state index in [1.807, 2.05) is 0 Å². The summed E-state index contributed by atoms with van der Waals surface area (Å²) in [5, 5.41) is 4.95. The van der Waals surface area contributed by atoms with Crippen molar-refractivity contribution in [2.24, 2.45) is 11.8 Å². The number of piperidine rings is 2. The second-order valence-electron chi connectivity index (χ2n) is 15.9. The first kappa shape index (κ1) is 30.3. The molecule has 6 aromatic carbocycles. The summed E-state index contributed by atoms with van der Waals surface area (Å²) in [4.78, 5) is 13.5. The van der Waals surface area contributed by atoms with Crippen molar-refractivity contribution in [3.05, 3.63) is 152 Å². The number of hydrogen-bond donors (Lipinski definition) is 0. The quantitative estimate of drug-likeness (QED) is 0.180. The molecule has 2 saturated carbocycles. The molecule has 2 aliphatic carbocycles. The fourth-order valence-electron chi connectivity index (χ4n) is 10.7. The molecule has 2 aliphatic heterocycles. The van der Waals surface area contributed by atoms with E-state index in [4.69, 9.17) is 9.97 Å². The van der Waals surface area contributed by atoms with E-state index in [0.29, 0.717) is 17.9 Å². The number of aromatic nitrogens is 4. The molecule has 13 rings (SSSR count). The van der Waals surface area contributed by atoms with Crippen LogP contribution in [0.1, 0.15) is 32.1 Å². The second kappa shape index (κ2) is 11.6. The standard InChI is InChI=1S/C49H39N5/c1-3-11-33(12-4-1)35-19-21-45-41(28-35)39-15-7-9-17-43(39)53(45)47-30-48(51-49(50-47)34-13-5-2-6-14-34)54-44-18-10-8-16-40(44)42-29-36(20-22-46(42)54)52-37-24-31-23-32(26-37)27-38(52)25-31/h1-22,28-32,37-38H,23-27H2. The normalized spacial score (nSPS) is 20.6. The first-order chi connectivity index (χ1) is 26.7. The Morgan fingerprint density at radius 2 is 0.889 bits per heavy atom. The van der Waals surface area contributed by atoms with Crippen molar-refractivity contribution in [3.8, 4) is 34.2 Å². The maximum absolute atomic E-state index is 5.37. The van der Waals surface area contributed by atoms with Gasteiger partial charge in [0.05, 0.1) is 22.1 Å². The molecule has 54 heavy (non-hydrogen) atoms. The molecule has 4 aliphatic rings. The van der Waals surface area contributed by atoms with E-state index in [-0.39, 0.29) is 0 Å². The average molecular weight is 698 g/mol. The molecule has 5 nitrogen and oxygen atoms in total. The van der Waals surface area contributed by atoms with Crippen LogP contribution in [0.3, 0.4) is 0 Å². The predicted octanol–water partition coefficient (Wildman–Crippen LogP) is 11.8. The minimum Gasteiger partial charge on any atom is -0.366 e. The van der Waals surface area contributed by atoms with Crippen molar-refractivity contribution in [1.82, 2.24) is 19.1 Å². The number of para-hydroxylation sites is 2. The van der Waals surface area contributed by atoms with Crippen LogP contribution in [0, 0.1) is 11.8 Å². The molecule has 0 amide bonds. The molecular weight excluding hydrogens is 659 g/mol. The molecule has 4 fully saturated rings. The van der Waals surface area contributed by atoms with Crippen LogP contribution >= 0.6 is 0 Å². The number of fused-ring (bicyclic) bond motifs is 6. The number of nitrogens with zero attached hydrogens (tertiary/aromatic N) is 5. The van der Waals surface area contributed by atoms with Gasteiger partial charge >= 0.3 is 0 Å². The smallest absolute Gasteiger partial charge is 0.163 e. The van der Waals surface area contributed by atoms with Crippen molar-refractivity contribution in [3.63, 3.8) is 0 Å². The van der Waals surface area contributed by atoms with Crippen LogP contribution in [0.4, 0.5) is 5.69 Å². The minimum atomic E-state index is 0.680. The molecule has 4 bridgehead atoms. The first-order valence-corrected chi connectivity index (χ1v) is 19.6. The van der Waals surface area contributed by atoms with E-state index in [0.717, 1.165) is 45.6 Å². The molecule has 0 atom stereocenters. The summed E-state index contributed by atoms with van der Waals surface area (Å²) in [5.74, 6) is 4.28. The molecule has 5 heteroatoms. The number of hydrogen-bond acceptors (Lipinski definition) is 3. The topological polar surface area (TPSA) is 38.9 Å². The van der Waals surface area contributed by atoms with Gasteiger partial charge in [-0.2, -0.15) is 0 Å². The molecule has 0 radical (unpaired) electrons.